The van der Waals surface area contributed by atoms with Crippen LogP contribution in [-0.2, 0) is 13.6 Å². The summed E-state index contributed by atoms with van der Waals surface area (Å²) in [4.78, 5) is 0. The number of hydrogen-bond donors (Lipinski definition) is 2. The van der Waals surface area contributed by atoms with Crippen molar-refractivity contribution in [1.29, 1.82) is 0 Å². The van der Waals surface area contributed by atoms with E-state index < -0.39 is 0 Å². The van der Waals surface area contributed by atoms with Crippen molar-refractivity contribution < 1.29 is 5.11 Å². The van der Waals surface area contributed by atoms with Crippen molar-refractivity contribution in [2.24, 2.45) is 13.0 Å². The quantitative estimate of drug-likeness (QED) is 0.765. The Morgan fingerprint density at radius 3 is 2.69 bits per heavy atom. The lowest BCUT2D eigenvalue weighted by Crippen LogP contribution is -2.27. The van der Waals surface area contributed by atoms with E-state index in [9.17, 15) is 5.11 Å². The molecule has 1 unspecified atom stereocenters. The predicted molar refractivity (Wildman–Crippen MR) is 65.1 cm³/mol. The van der Waals surface area contributed by atoms with Gasteiger partial charge in [0.25, 0.3) is 0 Å². The van der Waals surface area contributed by atoms with Crippen LogP contribution in [0, 0.1) is 12.8 Å². The smallest absolute Gasteiger partial charge is 0.0667 e. The summed E-state index contributed by atoms with van der Waals surface area (Å²) in [6, 6.07) is 0. The van der Waals surface area contributed by atoms with Crippen LogP contribution in [0.15, 0.2) is 6.20 Å². The van der Waals surface area contributed by atoms with Crippen LogP contribution >= 0.6 is 0 Å². The molecule has 16 heavy (non-hydrogen) atoms. The summed E-state index contributed by atoms with van der Waals surface area (Å²) in [5.41, 5.74) is 2.37. The molecular weight excluding hydrogens is 202 g/mol. The fourth-order valence-electron chi connectivity index (χ4n) is 1.72. The largest absolute Gasteiger partial charge is 0.392 e. The highest BCUT2D eigenvalue weighted by Gasteiger charge is 2.07. The Morgan fingerprint density at radius 1 is 1.50 bits per heavy atom. The summed E-state index contributed by atoms with van der Waals surface area (Å²) in [5.74, 6) is 0.539. The number of aliphatic hydroxyl groups is 1. The number of hydrogen-bond acceptors (Lipinski definition) is 3. The molecule has 0 aliphatic carbocycles. The van der Waals surface area contributed by atoms with Gasteiger partial charge in [-0.05, 0) is 19.3 Å². The molecule has 0 saturated heterocycles. The third kappa shape index (κ3) is 3.94. The predicted octanol–water partition coefficient (Wildman–Crippen LogP) is 1.23. The molecule has 1 rings (SSSR count). The average molecular weight is 225 g/mol. The average Bonchev–Trinajstić information content (AvgIpc) is 2.48. The Bertz CT molecular complexity index is 320. The molecular formula is C12H23N3O. The lowest BCUT2D eigenvalue weighted by Gasteiger charge is -2.13. The van der Waals surface area contributed by atoms with E-state index in [-0.39, 0.29) is 6.10 Å². The van der Waals surface area contributed by atoms with Gasteiger partial charge in [-0.25, -0.2) is 0 Å². The van der Waals surface area contributed by atoms with E-state index in [0.29, 0.717) is 12.5 Å². The second kappa shape index (κ2) is 6.01. The van der Waals surface area contributed by atoms with Gasteiger partial charge in [0.15, 0.2) is 0 Å². The van der Waals surface area contributed by atoms with Crippen molar-refractivity contribution in [2.75, 3.05) is 6.54 Å². The second-order valence-corrected chi connectivity index (χ2v) is 4.79. The first-order valence-electron chi connectivity index (χ1n) is 5.87. The Balaban J connectivity index is 2.28. The maximum Gasteiger partial charge on any atom is 0.0667 e. The Hall–Kier alpha value is -0.870. The fourth-order valence-corrected chi connectivity index (χ4v) is 1.72. The third-order valence-electron chi connectivity index (χ3n) is 2.78. The Labute approximate surface area is 97.7 Å². The highest BCUT2D eigenvalue weighted by atomic mass is 16.3. The van der Waals surface area contributed by atoms with Gasteiger partial charge >= 0.3 is 0 Å². The number of aromatic nitrogens is 2. The van der Waals surface area contributed by atoms with Crippen LogP contribution < -0.4 is 5.32 Å². The molecule has 1 aromatic rings. The molecule has 0 radical (unpaired) electrons. The normalized spacial score (nSPS) is 13.4. The SMILES string of the molecule is Cc1c(CNCC(O)CC(C)C)cnn1C. The zero-order chi connectivity index (χ0) is 12.1. The highest BCUT2D eigenvalue weighted by Crippen LogP contribution is 2.06. The van der Waals surface area contributed by atoms with Crippen molar-refractivity contribution in [3.63, 3.8) is 0 Å². The molecule has 1 atom stereocenters. The molecule has 4 heteroatoms. The van der Waals surface area contributed by atoms with Gasteiger partial charge in [0.2, 0.25) is 0 Å². The van der Waals surface area contributed by atoms with Crippen LogP contribution in [0.1, 0.15) is 31.5 Å². The summed E-state index contributed by atoms with van der Waals surface area (Å²) in [7, 11) is 1.94. The van der Waals surface area contributed by atoms with Crippen molar-refractivity contribution in [3.8, 4) is 0 Å². The van der Waals surface area contributed by atoms with Gasteiger partial charge in [-0.2, -0.15) is 5.10 Å². The van der Waals surface area contributed by atoms with E-state index in [1.54, 1.807) is 0 Å². The first kappa shape index (κ1) is 13.2. The van der Waals surface area contributed by atoms with Gasteiger partial charge in [-0.1, -0.05) is 13.8 Å². The molecule has 0 saturated carbocycles. The molecule has 0 aliphatic heterocycles. The van der Waals surface area contributed by atoms with Crippen LogP contribution in [0.3, 0.4) is 0 Å². The molecule has 0 bridgehead atoms. The number of aryl methyl sites for hydroxylation is 1. The van der Waals surface area contributed by atoms with Crippen LogP contribution in [0.25, 0.3) is 0 Å². The van der Waals surface area contributed by atoms with Crippen molar-refractivity contribution in [2.45, 2.75) is 39.8 Å². The molecule has 1 aromatic heterocycles. The summed E-state index contributed by atoms with van der Waals surface area (Å²) in [6.45, 7) is 7.71. The van der Waals surface area contributed by atoms with Crippen molar-refractivity contribution in [1.82, 2.24) is 15.1 Å². The third-order valence-corrected chi connectivity index (χ3v) is 2.78. The second-order valence-electron chi connectivity index (χ2n) is 4.79. The van der Waals surface area contributed by atoms with Crippen LogP contribution in [0.2, 0.25) is 0 Å². The Kier molecular flexibility index (Phi) is 4.96. The maximum atomic E-state index is 9.69. The van der Waals surface area contributed by atoms with Crippen LogP contribution in [0.5, 0.6) is 0 Å². The van der Waals surface area contributed by atoms with Crippen LogP contribution in [-0.4, -0.2) is 27.5 Å². The molecule has 0 amide bonds. The summed E-state index contributed by atoms with van der Waals surface area (Å²) in [6.07, 6.45) is 2.47. The first-order chi connectivity index (χ1) is 7.50. The molecule has 0 fully saturated rings. The van der Waals surface area contributed by atoms with Gasteiger partial charge in [0, 0.05) is 31.4 Å². The monoisotopic (exact) mass is 225 g/mol. The van der Waals surface area contributed by atoms with Crippen molar-refractivity contribution in [3.05, 3.63) is 17.5 Å². The van der Waals surface area contributed by atoms with Gasteiger partial charge in [-0.15, -0.1) is 0 Å². The minimum atomic E-state index is -0.253. The maximum absolute atomic E-state index is 9.69. The topological polar surface area (TPSA) is 50.1 Å². The Morgan fingerprint density at radius 2 is 2.19 bits per heavy atom. The molecule has 92 valence electrons. The van der Waals surface area contributed by atoms with Gasteiger partial charge in [0.05, 0.1) is 12.3 Å². The lowest BCUT2D eigenvalue weighted by molar-refractivity contribution is 0.146. The van der Waals surface area contributed by atoms with E-state index in [1.807, 2.05) is 17.9 Å². The van der Waals surface area contributed by atoms with E-state index in [4.69, 9.17) is 0 Å². The standard InChI is InChI=1S/C12H23N3O/c1-9(2)5-12(16)8-13-6-11-7-14-15(4)10(11)3/h7,9,12-13,16H,5-6,8H2,1-4H3. The summed E-state index contributed by atoms with van der Waals surface area (Å²) in [5, 5.41) is 17.1. The van der Waals surface area contributed by atoms with E-state index in [2.05, 4.69) is 31.2 Å². The molecule has 2 N–H and O–H groups in total. The van der Waals surface area contributed by atoms with E-state index >= 15 is 0 Å². The summed E-state index contributed by atoms with van der Waals surface area (Å²) < 4.78 is 1.86. The minimum Gasteiger partial charge on any atom is -0.392 e. The number of rotatable bonds is 6. The number of aliphatic hydroxyl groups excluding tert-OH is 1. The van der Waals surface area contributed by atoms with Crippen LogP contribution in [0.4, 0.5) is 0 Å². The van der Waals surface area contributed by atoms with Gasteiger partial charge < -0.3 is 10.4 Å². The van der Waals surface area contributed by atoms with Crippen molar-refractivity contribution >= 4 is 0 Å². The minimum absolute atomic E-state index is 0.253. The summed E-state index contributed by atoms with van der Waals surface area (Å²) >= 11 is 0. The molecule has 4 nitrogen and oxygen atoms in total. The zero-order valence-corrected chi connectivity index (χ0v) is 10.7. The number of nitrogens with one attached hydrogen (secondary N) is 1. The highest BCUT2D eigenvalue weighted by molar-refractivity contribution is 5.15. The number of nitrogens with zero attached hydrogens (tertiary/aromatic N) is 2. The first-order valence-corrected chi connectivity index (χ1v) is 5.87. The molecule has 0 aliphatic rings. The van der Waals surface area contributed by atoms with Gasteiger partial charge in [0.1, 0.15) is 0 Å². The molecule has 0 aromatic carbocycles. The van der Waals surface area contributed by atoms with Gasteiger partial charge in [-0.3, -0.25) is 4.68 Å². The lowest BCUT2D eigenvalue weighted by atomic mass is 10.1. The van der Waals surface area contributed by atoms with E-state index in [1.165, 1.54) is 11.3 Å². The fraction of sp³-hybridized carbons (Fsp3) is 0.750. The molecule has 0 spiro atoms. The zero-order valence-electron chi connectivity index (χ0n) is 10.7. The molecule has 1 heterocycles. The van der Waals surface area contributed by atoms with E-state index in [0.717, 1.165) is 13.0 Å².